The molecule has 1 aromatic heterocycles. The van der Waals surface area contributed by atoms with Gasteiger partial charge in [0.15, 0.2) is 0 Å². The highest BCUT2D eigenvalue weighted by Gasteiger charge is 2.05. The highest BCUT2D eigenvalue weighted by molar-refractivity contribution is 7.09. The lowest BCUT2D eigenvalue weighted by molar-refractivity contribution is 0.464. The second kappa shape index (κ2) is 5.34. The van der Waals surface area contributed by atoms with E-state index in [0.29, 0.717) is 11.6 Å². The summed E-state index contributed by atoms with van der Waals surface area (Å²) in [5.74, 6) is 0.242. The van der Waals surface area contributed by atoms with Crippen LogP contribution in [0.2, 0.25) is 5.02 Å². The summed E-state index contributed by atoms with van der Waals surface area (Å²) in [5, 5.41) is 15.5. The van der Waals surface area contributed by atoms with Crippen molar-refractivity contribution in [3.8, 4) is 5.75 Å². The van der Waals surface area contributed by atoms with Gasteiger partial charge in [-0.1, -0.05) is 23.7 Å². The molecular formula is C12H12ClNOS. The molecule has 2 aromatic rings. The van der Waals surface area contributed by atoms with Crippen molar-refractivity contribution in [1.29, 1.82) is 0 Å². The van der Waals surface area contributed by atoms with Gasteiger partial charge in [-0.25, -0.2) is 0 Å². The zero-order valence-electron chi connectivity index (χ0n) is 8.61. The topological polar surface area (TPSA) is 32.3 Å². The SMILES string of the molecule is Oc1cccc(Cl)c1CNCc1cccs1. The van der Waals surface area contributed by atoms with Crippen LogP contribution in [0.4, 0.5) is 0 Å². The number of phenolic OH excluding ortho intramolecular Hbond substituents is 1. The van der Waals surface area contributed by atoms with Crippen LogP contribution in [0.25, 0.3) is 0 Å². The smallest absolute Gasteiger partial charge is 0.121 e. The van der Waals surface area contributed by atoms with Gasteiger partial charge in [-0.05, 0) is 23.6 Å². The molecule has 0 aliphatic carbocycles. The van der Waals surface area contributed by atoms with Crippen molar-refractivity contribution >= 4 is 22.9 Å². The van der Waals surface area contributed by atoms with Crippen molar-refractivity contribution in [2.45, 2.75) is 13.1 Å². The number of halogens is 1. The molecule has 0 radical (unpaired) electrons. The number of aromatic hydroxyl groups is 1. The monoisotopic (exact) mass is 253 g/mol. The molecule has 0 saturated carbocycles. The minimum atomic E-state index is 0.242. The van der Waals surface area contributed by atoms with Crippen molar-refractivity contribution in [1.82, 2.24) is 5.32 Å². The molecule has 0 unspecified atom stereocenters. The number of thiophene rings is 1. The zero-order chi connectivity index (χ0) is 11.4. The van der Waals surface area contributed by atoms with Crippen LogP contribution in [0.1, 0.15) is 10.4 Å². The van der Waals surface area contributed by atoms with E-state index in [1.54, 1.807) is 29.5 Å². The quantitative estimate of drug-likeness (QED) is 0.875. The Balaban J connectivity index is 1.95. The average molecular weight is 254 g/mol. The standard InChI is InChI=1S/C12H12ClNOS/c13-11-4-1-5-12(15)10(11)8-14-7-9-3-2-6-16-9/h1-6,14-15H,7-8H2. The fourth-order valence-electron chi connectivity index (χ4n) is 1.45. The van der Waals surface area contributed by atoms with Crippen LogP contribution in [0.5, 0.6) is 5.75 Å². The van der Waals surface area contributed by atoms with Gasteiger partial charge < -0.3 is 10.4 Å². The third-order valence-electron chi connectivity index (χ3n) is 2.28. The van der Waals surface area contributed by atoms with E-state index < -0.39 is 0 Å². The summed E-state index contributed by atoms with van der Waals surface area (Å²) >= 11 is 7.70. The van der Waals surface area contributed by atoms with Gasteiger partial charge in [-0.2, -0.15) is 0 Å². The lowest BCUT2D eigenvalue weighted by Crippen LogP contribution is -2.12. The first kappa shape index (κ1) is 11.5. The predicted molar refractivity (Wildman–Crippen MR) is 68.0 cm³/mol. The molecule has 2 nitrogen and oxygen atoms in total. The Labute approximate surface area is 104 Å². The fraction of sp³-hybridized carbons (Fsp3) is 0.167. The number of nitrogens with one attached hydrogen (secondary N) is 1. The zero-order valence-corrected chi connectivity index (χ0v) is 10.2. The fourth-order valence-corrected chi connectivity index (χ4v) is 2.36. The van der Waals surface area contributed by atoms with E-state index in [1.807, 2.05) is 11.4 Å². The maximum atomic E-state index is 9.63. The largest absolute Gasteiger partial charge is 0.508 e. The van der Waals surface area contributed by atoms with E-state index in [0.717, 1.165) is 12.1 Å². The normalized spacial score (nSPS) is 10.6. The molecule has 0 saturated heterocycles. The van der Waals surface area contributed by atoms with Crippen LogP contribution in [0, 0.1) is 0 Å². The molecule has 0 atom stereocenters. The van der Waals surface area contributed by atoms with Crippen molar-refractivity contribution in [2.75, 3.05) is 0 Å². The number of rotatable bonds is 4. The highest BCUT2D eigenvalue weighted by Crippen LogP contribution is 2.24. The van der Waals surface area contributed by atoms with E-state index in [2.05, 4.69) is 11.4 Å². The maximum Gasteiger partial charge on any atom is 0.121 e. The lowest BCUT2D eigenvalue weighted by atomic mass is 10.2. The number of hydrogen-bond acceptors (Lipinski definition) is 3. The van der Waals surface area contributed by atoms with Gasteiger partial charge in [0.05, 0.1) is 0 Å². The molecule has 84 valence electrons. The minimum Gasteiger partial charge on any atom is -0.508 e. The summed E-state index contributed by atoms with van der Waals surface area (Å²) < 4.78 is 0. The third kappa shape index (κ3) is 2.76. The van der Waals surface area contributed by atoms with Gasteiger partial charge >= 0.3 is 0 Å². The molecule has 0 aliphatic rings. The molecule has 0 fully saturated rings. The summed E-state index contributed by atoms with van der Waals surface area (Å²) in [6, 6.07) is 9.26. The molecule has 1 heterocycles. The van der Waals surface area contributed by atoms with E-state index in [-0.39, 0.29) is 5.75 Å². The molecule has 0 aliphatic heterocycles. The molecule has 2 rings (SSSR count). The van der Waals surface area contributed by atoms with E-state index in [4.69, 9.17) is 11.6 Å². The van der Waals surface area contributed by atoms with E-state index >= 15 is 0 Å². The Morgan fingerprint density at radius 2 is 2.06 bits per heavy atom. The van der Waals surface area contributed by atoms with Gasteiger partial charge in [0, 0.05) is 28.6 Å². The Morgan fingerprint density at radius 1 is 1.19 bits per heavy atom. The number of hydrogen-bond donors (Lipinski definition) is 2. The van der Waals surface area contributed by atoms with Crippen LogP contribution in [0.3, 0.4) is 0 Å². The highest BCUT2D eigenvalue weighted by atomic mass is 35.5. The minimum absolute atomic E-state index is 0.242. The Kier molecular flexibility index (Phi) is 3.83. The Morgan fingerprint density at radius 3 is 2.75 bits per heavy atom. The van der Waals surface area contributed by atoms with Crippen molar-refractivity contribution in [3.63, 3.8) is 0 Å². The van der Waals surface area contributed by atoms with Crippen LogP contribution in [-0.2, 0) is 13.1 Å². The van der Waals surface area contributed by atoms with Gasteiger partial charge in [-0.3, -0.25) is 0 Å². The third-order valence-corrected chi connectivity index (χ3v) is 3.51. The summed E-state index contributed by atoms with van der Waals surface area (Å²) in [5.41, 5.74) is 0.751. The second-order valence-corrected chi connectivity index (χ2v) is 4.86. The Hall–Kier alpha value is -1.03. The van der Waals surface area contributed by atoms with E-state index in [1.165, 1.54) is 4.88 Å². The van der Waals surface area contributed by atoms with Crippen LogP contribution < -0.4 is 5.32 Å². The molecule has 1 aromatic carbocycles. The van der Waals surface area contributed by atoms with Crippen molar-refractivity contribution < 1.29 is 5.11 Å². The first-order valence-corrected chi connectivity index (χ1v) is 6.22. The molecular weight excluding hydrogens is 242 g/mol. The van der Waals surface area contributed by atoms with Gasteiger partial charge in [0.1, 0.15) is 5.75 Å². The molecule has 16 heavy (non-hydrogen) atoms. The molecule has 2 N–H and O–H groups in total. The summed E-state index contributed by atoms with van der Waals surface area (Å²) in [4.78, 5) is 1.27. The van der Waals surface area contributed by atoms with Gasteiger partial charge in [-0.15, -0.1) is 11.3 Å². The second-order valence-electron chi connectivity index (χ2n) is 3.42. The number of benzene rings is 1. The first-order valence-electron chi connectivity index (χ1n) is 4.97. The Bertz CT molecular complexity index is 436. The van der Waals surface area contributed by atoms with Gasteiger partial charge in [0.25, 0.3) is 0 Å². The number of phenols is 1. The molecule has 0 spiro atoms. The molecule has 4 heteroatoms. The summed E-state index contributed by atoms with van der Waals surface area (Å²) in [7, 11) is 0. The van der Waals surface area contributed by atoms with E-state index in [9.17, 15) is 5.11 Å². The van der Waals surface area contributed by atoms with Crippen molar-refractivity contribution in [3.05, 3.63) is 51.2 Å². The molecule has 0 bridgehead atoms. The van der Waals surface area contributed by atoms with Crippen LogP contribution in [-0.4, -0.2) is 5.11 Å². The summed E-state index contributed by atoms with van der Waals surface area (Å²) in [6.45, 7) is 1.37. The lowest BCUT2D eigenvalue weighted by Gasteiger charge is -2.07. The average Bonchev–Trinajstić information content (AvgIpc) is 2.75. The summed E-state index contributed by atoms with van der Waals surface area (Å²) in [6.07, 6.45) is 0. The maximum absolute atomic E-state index is 9.63. The van der Waals surface area contributed by atoms with Crippen LogP contribution in [0.15, 0.2) is 35.7 Å². The predicted octanol–water partition coefficient (Wildman–Crippen LogP) is 3.40. The van der Waals surface area contributed by atoms with Gasteiger partial charge in [0.2, 0.25) is 0 Å². The molecule has 0 amide bonds. The first-order chi connectivity index (χ1) is 7.77. The van der Waals surface area contributed by atoms with Crippen LogP contribution >= 0.6 is 22.9 Å². The van der Waals surface area contributed by atoms with Crippen molar-refractivity contribution in [2.24, 2.45) is 0 Å².